The van der Waals surface area contributed by atoms with Gasteiger partial charge in [-0.3, -0.25) is 0 Å². The lowest BCUT2D eigenvalue weighted by Gasteiger charge is -2.35. The monoisotopic (exact) mass is 433 g/mol. The first-order valence-corrected chi connectivity index (χ1v) is 10.9. The average molecular weight is 434 g/mol. The summed E-state index contributed by atoms with van der Waals surface area (Å²) in [6.07, 6.45) is 0.0449. The lowest BCUT2D eigenvalue weighted by atomic mass is 10.0. The summed E-state index contributed by atoms with van der Waals surface area (Å²) in [5.74, 6) is -1.43. The summed E-state index contributed by atoms with van der Waals surface area (Å²) in [7, 11) is 1.61. The van der Waals surface area contributed by atoms with Gasteiger partial charge in [0.1, 0.15) is 18.3 Å². The fourth-order valence-electron chi connectivity index (χ4n) is 3.59. The number of methoxy groups -OCH3 is 1. The van der Waals surface area contributed by atoms with Crippen LogP contribution in [0.2, 0.25) is 0 Å². The van der Waals surface area contributed by atoms with Gasteiger partial charge < -0.3 is 38.9 Å². The van der Waals surface area contributed by atoms with E-state index >= 15 is 0 Å². The molecule has 8 nitrogen and oxygen atoms in total. The molecular formula is C22H43NO7. The zero-order valence-corrected chi connectivity index (χ0v) is 20.3. The number of ether oxygens (including phenoxy) is 7. The van der Waals surface area contributed by atoms with Crippen LogP contribution >= 0.6 is 0 Å². The third-order valence-corrected chi connectivity index (χ3v) is 5.57. The Balaban J connectivity index is 2.01. The molecule has 4 unspecified atom stereocenters. The van der Waals surface area contributed by atoms with E-state index in [1.165, 1.54) is 0 Å². The molecule has 0 aromatic rings. The van der Waals surface area contributed by atoms with Crippen LogP contribution in [0.1, 0.15) is 68.2 Å². The van der Waals surface area contributed by atoms with Crippen molar-refractivity contribution >= 4 is 0 Å². The van der Waals surface area contributed by atoms with Crippen molar-refractivity contribution in [2.75, 3.05) is 26.9 Å². The van der Waals surface area contributed by atoms with Crippen molar-refractivity contribution < 1.29 is 33.2 Å². The predicted octanol–water partition coefficient (Wildman–Crippen LogP) is 2.96. The predicted molar refractivity (Wildman–Crippen MR) is 113 cm³/mol. The van der Waals surface area contributed by atoms with Gasteiger partial charge in [0, 0.05) is 7.11 Å². The fraction of sp³-hybridized carbons (Fsp3) is 1.00. The first-order chi connectivity index (χ1) is 13.7. The molecule has 2 heterocycles. The highest BCUT2D eigenvalue weighted by Crippen LogP contribution is 2.40. The minimum absolute atomic E-state index is 0.249. The van der Waals surface area contributed by atoms with Gasteiger partial charge in [-0.2, -0.15) is 0 Å². The fourth-order valence-corrected chi connectivity index (χ4v) is 3.59. The number of hydrogen-bond donors (Lipinski definition) is 1. The highest BCUT2D eigenvalue weighted by molar-refractivity contribution is 4.96. The molecule has 30 heavy (non-hydrogen) atoms. The number of nitrogens with two attached hydrogens (primary N) is 1. The van der Waals surface area contributed by atoms with Gasteiger partial charge in [-0.25, -0.2) is 0 Å². The van der Waals surface area contributed by atoms with Gasteiger partial charge in [0.25, 0.3) is 0 Å². The van der Waals surface area contributed by atoms with Crippen molar-refractivity contribution in [1.82, 2.24) is 0 Å². The van der Waals surface area contributed by atoms with Crippen LogP contribution in [0.5, 0.6) is 0 Å². The van der Waals surface area contributed by atoms with E-state index in [9.17, 15) is 0 Å². The molecule has 2 aliphatic heterocycles. The zero-order valence-electron chi connectivity index (χ0n) is 20.3. The van der Waals surface area contributed by atoms with E-state index in [0.29, 0.717) is 19.8 Å². The van der Waals surface area contributed by atoms with Crippen LogP contribution in [-0.4, -0.2) is 74.2 Å². The third-order valence-electron chi connectivity index (χ3n) is 5.57. The molecule has 2 fully saturated rings. The normalized spacial score (nSPS) is 29.4. The first kappa shape index (κ1) is 25.9. The smallest absolute Gasteiger partial charge is 0.190 e. The Bertz CT molecular complexity index is 550. The summed E-state index contributed by atoms with van der Waals surface area (Å²) in [6.45, 7) is 17.2. The van der Waals surface area contributed by atoms with E-state index in [2.05, 4.69) is 27.7 Å². The van der Waals surface area contributed by atoms with Crippen LogP contribution in [0.4, 0.5) is 0 Å². The van der Waals surface area contributed by atoms with Crippen molar-refractivity contribution in [3.05, 3.63) is 0 Å². The molecule has 2 rings (SSSR count). The molecule has 0 aromatic carbocycles. The Labute approximate surface area is 182 Å². The second-order valence-corrected chi connectivity index (χ2v) is 10.3. The maximum absolute atomic E-state index is 6.54. The Morgan fingerprint density at radius 3 is 2.20 bits per heavy atom. The van der Waals surface area contributed by atoms with Crippen molar-refractivity contribution in [3.63, 3.8) is 0 Å². The van der Waals surface area contributed by atoms with Gasteiger partial charge in [-0.15, -0.1) is 0 Å². The van der Waals surface area contributed by atoms with Crippen LogP contribution in [0.3, 0.4) is 0 Å². The quantitative estimate of drug-likeness (QED) is 0.470. The topological polar surface area (TPSA) is 90.6 Å². The summed E-state index contributed by atoms with van der Waals surface area (Å²) in [5.41, 5.74) is 4.97. The zero-order chi connectivity index (χ0) is 22.8. The maximum atomic E-state index is 6.54. The molecular weight excluding hydrogens is 390 g/mol. The maximum Gasteiger partial charge on any atom is 0.190 e. The summed E-state index contributed by atoms with van der Waals surface area (Å²) in [6, 6.07) is 0. The van der Waals surface area contributed by atoms with Gasteiger partial charge >= 0.3 is 0 Å². The molecule has 4 atom stereocenters. The summed E-state index contributed by atoms with van der Waals surface area (Å²) in [4.78, 5) is 0. The Morgan fingerprint density at radius 2 is 1.60 bits per heavy atom. The van der Waals surface area contributed by atoms with Crippen molar-refractivity contribution in [3.8, 4) is 0 Å². The van der Waals surface area contributed by atoms with E-state index in [4.69, 9.17) is 38.9 Å². The van der Waals surface area contributed by atoms with Gasteiger partial charge in [0.2, 0.25) is 0 Å². The molecule has 0 spiro atoms. The Kier molecular flexibility index (Phi) is 8.36. The van der Waals surface area contributed by atoms with Crippen molar-refractivity contribution in [1.29, 1.82) is 0 Å². The number of hydrogen-bond acceptors (Lipinski definition) is 8. The lowest BCUT2D eigenvalue weighted by Crippen LogP contribution is -2.45. The van der Waals surface area contributed by atoms with E-state index in [1.807, 2.05) is 27.7 Å². The molecule has 8 heteroatoms. The molecule has 0 aliphatic carbocycles. The highest BCUT2D eigenvalue weighted by atomic mass is 16.8. The second-order valence-electron chi connectivity index (χ2n) is 10.3. The third kappa shape index (κ3) is 7.38. The molecule has 2 N–H and O–H groups in total. The minimum Gasteiger partial charge on any atom is -0.375 e. The van der Waals surface area contributed by atoms with Gasteiger partial charge in [-0.05, 0) is 74.8 Å². The average Bonchev–Trinajstić information content (AvgIpc) is 3.05. The van der Waals surface area contributed by atoms with Crippen LogP contribution in [0, 0.1) is 0 Å². The lowest BCUT2D eigenvalue weighted by molar-refractivity contribution is -0.255. The van der Waals surface area contributed by atoms with E-state index in [-0.39, 0.29) is 23.9 Å². The highest BCUT2D eigenvalue weighted by Gasteiger charge is 2.56. The molecule has 2 aliphatic rings. The van der Waals surface area contributed by atoms with E-state index in [0.717, 1.165) is 12.8 Å². The largest absolute Gasteiger partial charge is 0.375 e. The summed E-state index contributed by atoms with van der Waals surface area (Å²) < 4.78 is 42.0. The molecule has 0 bridgehead atoms. The molecule has 0 amide bonds. The van der Waals surface area contributed by atoms with Gasteiger partial charge in [0.15, 0.2) is 17.9 Å². The summed E-state index contributed by atoms with van der Waals surface area (Å²) in [5, 5.41) is 0. The summed E-state index contributed by atoms with van der Waals surface area (Å²) >= 11 is 0. The number of rotatable bonds is 12. The number of fused-ring (bicyclic) bond motifs is 1. The minimum atomic E-state index is -0.718. The van der Waals surface area contributed by atoms with Gasteiger partial charge in [-0.1, -0.05) is 0 Å². The standard InChI is InChI=1S/C22H43NO7/c1-19(2,10-12-23)25-13-11-20(3,4)28-16-15(14-26-21(5,6)24-9)27-18-17(16)29-22(7,8)30-18/h15-18H,10-14,23H2,1-9H3. The Morgan fingerprint density at radius 1 is 0.933 bits per heavy atom. The molecule has 0 aromatic heterocycles. The van der Waals surface area contributed by atoms with Crippen LogP contribution in [0.15, 0.2) is 0 Å². The van der Waals surface area contributed by atoms with Crippen LogP contribution in [0.25, 0.3) is 0 Å². The molecule has 0 saturated carbocycles. The van der Waals surface area contributed by atoms with Crippen molar-refractivity contribution in [2.24, 2.45) is 5.73 Å². The Hall–Kier alpha value is -0.320. The first-order valence-electron chi connectivity index (χ1n) is 10.9. The van der Waals surface area contributed by atoms with E-state index < -0.39 is 23.5 Å². The van der Waals surface area contributed by atoms with Gasteiger partial charge in [0.05, 0.1) is 24.4 Å². The SMILES string of the molecule is COC(C)(C)OCC1OC2OC(C)(C)OC2C1OC(C)(C)CCOC(C)(C)CCN. The van der Waals surface area contributed by atoms with Crippen molar-refractivity contribution in [2.45, 2.75) is 116 Å². The van der Waals surface area contributed by atoms with E-state index in [1.54, 1.807) is 7.11 Å². The molecule has 178 valence electrons. The molecule has 0 radical (unpaired) electrons. The van der Waals surface area contributed by atoms with Crippen LogP contribution in [-0.2, 0) is 33.2 Å². The second kappa shape index (κ2) is 9.67. The molecule has 2 saturated heterocycles. The van der Waals surface area contributed by atoms with Crippen LogP contribution < -0.4 is 5.73 Å².